The maximum absolute atomic E-state index is 6.27. The topological polar surface area (TPSA) is 39.7 Å². The molecule has 1 heterocycles. The molecule has 2 aromatic rings. The SMILES string of the molecule is COc1cc(Cl)ccc1OC(c1ccc(Cl)cc1)[C@@H]1CNCCO1.Cl. The van der Waals surface area contributed by atoms with Gasteiger partial charge in [0.25, 0.3) is 0 Å². The van der Waals surface area contributed by atoms with Crippen LogP contribution in [0.15, 0.2) is 42.5 Å². The van der Waals surface area contributed by atoms with Crippen LogP contribution in [-0.4, -0.2) is 32.9 Å². The number of ether oxygens (including phenoxy) is 3. The van der Waals surface area contributed by atoms with Crippen LogP contribution in [0.4, 0.5) is 0 Å². The Morgan fingerprint density at radius 1 is 1.08 bits per heavy atom. The van der Waals surface area contributed by atoms with Crippen molar-refractivity contribution in [2.45, 2.75) is 12.2 Å². The van der Waals surface area contributed by atoms with Gasteiger partial charge in [-0.25, -0.2) is 0 Å². The molecule has 7 heteroatoms. The van der Waals surface area contributed by atoms with E-state index in [0.29, 0.717) is 34.7 Å². The summed E-state index contributed by atoms with van der Waals surface area (Å²) < 4.78 is 17.6. The summed E-state index contributed by atoms with van der Waals surface area (Å²) in [5, 5.41) is 4.62. The van der Waals surface area contributed by atoms with Crippen LogP contribution in [-0.2, 0) is 4.74 Å². The first-order valence-corrected chi connectivity index (χ1v) is 8.51. The van der Waals surface area contributed by atoms with Crippen LogP contribution in [0.5, 0.6) is 11.5 Å². The van der Waals surface area contributed by atoms with Crippen molar-refractivity contribution >= 4 is 35.6 Å². The van der Waals surface area contributed by atoms with Gasteiger partial charge in [0.05, 0.1) is 13.7 Å². The summed E-state index contributed by atoms with van der Waals surface area (Å²) in [6.45, 7) is 2.20. The summed E-state index contributed by atoms with van der Waals surface area (Å²) in [5.74, 6) is 1.21. The minimum absolute atomic E-state index is 0. The van der Waals surface area contributed by atoms with Crippen LogP contribution in [0.1, 0.15) is 11.7 Å². The average molecular weight is 405 g/mol. The highest BCUT2D eigenvalue weighted by Gasteiger charge is 2.28. The van der Waals surface area contributed by atoms with Crippen molar-refractivity contribution in [1.82, 2.24) is 5.32 Å². The molecule has 2 aromatic carbocycles. The molecule has 0 aliphatic carbocycles. The minimum atomic E-state index is -0.287. The number of benzene rings is 2. The van der Waals surface area contributed by atoms with Crippen molar-refractivity contribution in [1.29, 1.82) is 0 Å². The highest BCUT2D eigenvalue weighted by Crippen LogP contribution is 2.35. The second-order valence-corrected chi connectivity index (χ2v) is 6.37. The number of morpholine rings is 1. The van der Waals surface area contributed by atoms with Crippen molar-refractivity contribution in [3.8, 4) is 11.5 Å². The van der Waals surface area contributed by atoms with Gasteiger partial charge in [-0.15, -0.1) is 12.4 Å². The molecule has 0 aromatic heterocycles. The van der Waals surface area contributed by atoms with Crippen LogP contribution < -0.4 is 14.8 Å². The lowest BCUT2D eigenvalue weighted by Gasteiger charge is -2.32. The summed E-state index contributed by atoms with van der Waals surface area (Å²) in [6, 6.07) is 12.9. The lowest BCUT2D eigenvalue weighted by molar-refractivity contribution is -0.0438. The first kappa shape index (κ1) is 20.1. The molecule has 1 fully saturated rings. The van der Waals surface area contributed by atoms with Crippen LogP contribution in [0.2, 0.25) is 10.0 Å². The summed E-state index contributed by atoms with van der Waals surface area (Å²) in [5.41, 5.74) is 0.991. The molecular weight excluding hydrogens is 385 g/mol. The van der Waals surface area contributed by atoms with E-state index in [1.165, 1.54) is 0 Å². The van der Waals surface area contributed by atoms with Gasteiger partial charge in [-0.3, -0.25) is 0 Å². The Kier molecular flexibility index (Phi) is 7.66. The van der Waals surface area contributed by atoms with E-state index in [-0.39, 0.29) is 24.6 Å². The van der Waals surface area contributed by atoms with Gasteiger partial charge in [0, 0.05) is 29.2 Å². The first-order valence-electron chi connectivity index (χ1n) is 7.75. The monoisotopic (exact) mass is 403 g/mol. The van der Waals surface area contributed by atoms with E-state index >= 15 is 0 Å². The molecule has 4 nitrogen and oxygen atoms in total. The Balaban J connectivity index is 0.00000225. The molecule has 1 unspecified atom stereocenters. The van der Waals surface area contributed by atoms with Crippen molar-refractivity contribution < 1.29 is 14.2 Å². The van der Waals surface area contributed by atoms with E-state index in [0.717, 1.165) is 12.1 Å². The smallest absolute Gasteiger partial charge is 0.162 e. The quantitative estimate of drug-likeness (QED) is 0.794. The molecule has 0 amide bonds. The van der Waals surface area contributed by atoms with Gasteiger partial charge in [0.1, 0.15) is 6.10 Å². The molecule has 1 aliphatic rings. The highest BCUT2D eigenvalue weighted by molar-refractivity contribution is 6.31. The Morgan fingerprint density at radius 3 is 2.44 bits per heavy atom. The zero-order valence-corrected chi connectivity index (χ0v) is 16.0. The van der Waals surface area contributed by atoms with E-state index in [2.05, 4.69) is 5.32 Å². The third-order valence-electron chi connectivity index (χ3n) is 3.87. The number of hydrogen-bond donors (Lipinski definition) is 1. The van der Waals surface area contributed by atoms with Crippen molar-refractivity contribution in [2.75, 3.05) is 26.8 Å². The Labute approximate surface area is 163 Å². The van der Waals surface area contributed by atoms with Gasteiger partial charge in [0.2, 0.25) is 0 Å². The van der Waals surface area contributed by atoms with Gasteiger partial charge >= 0.3 is 0 Å². The molecule has 25 heavy (non-hydrogen) atoms. The molecule has 3 rings (SSSR count). The predicted molar refractivity (Wildman–Crippen MR) is 103 cm³/mol. The van der Waals surface area contributed by atoms with E-state index < -0.39 is 0 Å². The maximum Gasteiger partial charge on any atom is 0.162 e. The summed E-state index contributed by atoms with van der Waals surface area (Å²) in [6.07, 6.45) is -0.398. The van der Waals surface area contributed by atoms with E-state index in [1.54, 1.807) is 25.3 Å². The molecule has 2 atom stereocenters. The predicted octanol–water partition coefficient (Wildman–Crippen LogP) is 4.53. The van der Waals surface area contributed by atoms with Gasteiger partial charge in [0.15, 0.2) is 17.6 Å². The first-order chi connectivity index (χ1) is 11.7. The normalized spacial score (nSPS) is 18.1. The fourth-order valence-electron chi connectivity index (χ4n) is 2.67. The fourth-order valence-corrected chi connectivity index (χ4v) is 2.95. The lowest BCUT2D eigenvalue weighted by Crippen LogP contribution is -2.43. The molecule has 1 N–H and O–H groups in total. The van der Waals surface area contributed by atoms with Gasteiger partial charge in [-0.2, -0.15) is 0 Å². The molecule has 0 bridgehead atoms. The largest absolute Gasteiger partial charge is 0.493 e. The second kappa shape index (κ2) is 9.51. The zero-order valence-electron chi connectivity index (χ0n) is 13.7. The van der Waals surface area contributed by atoms with Gasteiger partial charge < -0.3 is 19.5 Å². The highest BCUT2D eigenvalue weighted by atomic mass is 35.5. The molecule has 136 valence electrons. The number of hydrogen-bond acceptors (Lipinski definition) is 4. The van der Waals surface area contributed by atoms with E-state index in [1.807, 2.05) is 24.3 Å². The second-order valence-electron chi connectivity index (χ2n) is 5.50. The number of methoxy groups -OCH3 is 1. The molecular formula is C18H20Cl3NO3. The summed E-state index contributed by atoms with van der Waals surface area (Å²) in [4.78, 5) is 0. The molecule has 0 radical (unpaired) electrons. The molecule has 1 aliphatic heterocycles. The number of rotatable bonds is 5. The maximum atomic E-state index is 6.27. The van der Waals surface area contributed by atoms with Gasteiger partial charge in [-0.1, -0.05) is 35.3 Å². The van der Waals surface area contributed by atoms with Crippen molar-refractivity contribution in [3.05, 3.63) is 58.1 Å². The van der Waals surface area contributed by atoms with Crippen LogP contribution in [0, 0.1) is 0 Å². The van der Waals surface area contributed by atoms with Crippen LogP contribution in [0.3, 0.4) is 0 Å². The summed E-state index contributed by atoms with van der Waals surface area (Å²) in [7, 11) is 1.59. The minimum Gasteiger partial charge on any atom is -0.493 e. The van der Waals surface area contributed by atoms with Gasteiger partial charge in [-0.05, 0) is 29.8 Å². The van der Waals surface area contributed by atoms with Crippen molar-refractivity contribution in [2.24, 2.45) is 0 Å². The summed E-state index contributed by atoms with van der Waals surface area (Å²) >= 11 is 12.0. The van der Waals surface area contributed by atoms with Crippen LogP contribution in [0.25, 0.3) is 0 Å². The Morgan fingerprint density at radius 2 is 1.80 bits per heavy atom. The fraction of sp³-hybridized carbons (Fsp3) is 0.333. The third-order valence-corrected chi connectivity index (χ3v) is 4.36. The number of halogens is 3. The average Bonchev–Trinajstić information content (AvgIpc) is 2.62. The Hall–Kier alpha value is -1.17. The van der Waals surface area contributed by atoms with E-state index in [9.17, 15) is 0 Å². The molecule has 0 saturated carbocycles. The molecule has 1 saturated heterocycles. The zero-order chi connectivity index (χ0) is 16.9. The standard InChI is InChI=1S/C18H19Cl2NO3.ClH/c1-22-16-10-14(20)6-7-15(16)24-18(17-11-21-8-9-23-17)12-2-4-13(19)5-3-12;/h2-7,10,17-18,21H,8-9,11H2,1H3;1H/t17-,18?;/m0./s1. The van der Waals surface area contributed by atoms with Crippen molar-refractivity contribution in [3.63, 3.8) is 0 Å². The van der Waals surface area contributed by atoms with E-state index in [4.69, 9.17) is 37.4 Å². The third kappa shape index (κ3) is 5.16. The lowest BCUT2D eigenvalue weighted by atomic mass is 10.0. The Bertz CT molecular complexity index is 676. The van der Waals surface area contributed by atoms with Crippen LogP contribution >= 0.6 is 35.6 Å². The molecule has 0 spiro atoms. The number of nitrogens with one attached hydrogen (secondary N) is 1.